The van der Waals surface area contributed by atoms with Gasteiger partial charge in [-0.15, -0.1) is 0 Å². The van der Waals surface area contributed by atoms with E-state index in [0.29, 0.717) is 18.5 Å². The molecular formula is C21H23N3O2. The summed E-state index contributed by atoms with van der Waals surface area (Å²) >= 11 is 0. The molecule has 0 spiro atoms. The molecule has 0 radical (unpaired) electrons. The molecule has 1 amide bonds. The van der Waals surface area contributed by atoms with Crippen LogP contribution in [-0.4, -0.2) is 33.4 Å². The average molecular weight is 349 g/mol. The maximum Gasteiger partial charge on any atom is 0.251 e. The van der Waals surface area contributed by atoms with Crippen molar-refractivity contribution in [1.82, 2.24) is 15.1 Å². The van der Waals surface area contributed by atoms with Gasteiger partial charge in [0.1, 0.15) is 0 Å². The van der Waals surface area contributed by atoms with E-state index in [2.05, 4.69) is 10.4 Å². The van der Waals surface area contributed by atoms with Gasteiger partial charge < -0.3 is 10.4 Å². The molecule has 2 aromatic carbocycles. The Morgan fingerprint density at radius 2 is 1.85 bits per heavy atom. The van der Waals surface area contributed by atoms with E-state index in [9.17, 15) is 9.90 Å². The first kappa shape index (κ1) is 17.9. The fourth-order valence-electron chi connectivity index (χ4n) is 2.98. The number of aliphatic hydroxyl groups excluding tert-OH is 1. The smallest absolute Gasteiger partial charge is 0.251 e. The number of nitrogens with one attached hydrogen (secondary N) is 1. The van der Waals surface area contributed by atoms with Crippen LogP contribution in [0.2, 0.25) is 0 Å². The second-order valence-corrected chi connectivity index (χ2v) is 6.40. The van der Waals surface area contributed by atoms with Crippen molar-refractivity contribution in [2.75, 3.05) is 6.54 Å². The number of hydrogen-bond donors (Lipinski definition) is 2. The number of aromatic nitrogens is 2. The molecule has 2 atom stereocenters. The third-order valence-corrected chi connectivity index (χ3v) is 4.30. The van der Waals surface area contributed by atoms with Crippen LogP contribution in [0.4, 0.5) is 0 Å². The van der Waals surface area contributed by atoms with Gasteiger partial charge in [0.05, 0.1) is 11.8 Å². The number of nitrogens with zero attached hydrogens (tertiary/aromatic N) is 2. The topological polar surface area (TPSA) is 67.2 Å². The maximum absolute atomic E-state index is 12.5. The Hall–Kier alpha value is -2.92. The second kappa shape index (κ2) is 8.45. The fraction of sp³-hybridized carbons (Fsp3) is 0.238. The third kappa shape index (κ3) is 4.58. The molecule has 1 aromatic heterocycles. The summed E-state index contributed by atoms with van der Waals surface area (Å²) in [4.78, 5) is 12.5. The second-order valence-electron chi connectivity index (χ2n) is 6.40. The summed E-state index contributed by atoms with van der Waals surface area (Å²) in [6, 6.07) is 19.1. The molecule has 134 valence electrons. The van der Waals surface area contributed by atoms with Crippen molar-refractivity contribution in [1.29, 1.82) is 0 Å². The zero-order valence-corrected chi connectivity index (χ0v) is 14.7. The predicted octanol–water partition coefficient (Wildman–Crippen LogP) is 3.16. The highest BCUT2D eigenvalue weighted by atomic mass is 16.3. The van der Waals surface area contributed by atoms with E-state index in [-0.39, 0.29) is 11.8 Å². The Morgan fingerprint density at radius 3 is 2.46 bits per heavy atom. The molecule has 3 aromatic rings. The van der Waals surface area contributed by atoms with Crippen LogP contribution in [0.5, 0.6) is 0 Å². The maximum atomic E-state index is 12.5. The van der Waals surface area contributed by atoms with Crippen LogP contribution in [0.15, 0.2) is 73.1 Å². The molecule has 2 N–H and O–H groups in total. The quantitative estimate of drug-likeness (QED) is 0.688. The van der Waals surface area contributed by atoms with Crippen molar-refractivity contribution >= 4 is 5.91 Å². The number of rotatable bonds is 7. The van der Waals surface area contributed by atoms with E-state index in [4.69, 9.17) is 0 Å². The van der Waals surface area contributed by atoms with E-state index >= 15 is 0 Å². The lowest BCUT2D eigenvalue weighted by Crippen LogP contribution is -2.29. The van der Waals surface area contributed by atoms with Crippen molar-refractivity contribution in [2.24, 2.45) is 0 Å². The van der Waals surface area contributed by atoms with Crippen molar-refractivity contribution in [3.63, 3.8) is 0 Å². The summed E-state index contributed by atoms with van der Waals surface area (Å²) in [7, 11) is 0. The van der Waals surface area contributed by atoms with Gasteiger partial charge in [0.15, 0.2) is 0 Å². The Balaban J connectivity index is 1.64. The lowest BCUT2D eigenvalue weighted by Gasteiger charge is -2.19. The molecular weight excluding hydrogens is 326 g/mol. The van der Waals surface area contributed by atoms with Crippen LogP contribution < -0.4 is 5.32 Å². The van der Waals surface area contributed by atoms with Gasteiger partial charge in [-0.05, 0) is 49.2 Å². The van der Waals surface area contributed by atoms with Crippen LogP contribution in [0.3, 0.4) is 0 Å². The van der Waals surface area contributed by atoms with Gasteiger partial charge in [-0.2, -0.15) is 5.10 Å². The van der Waals surface area contributed by atoms with Gasteiger partial charge in [-0.3, -0.25) is 4.79 Å². The van der Waals surface area contributed by atoms with Crippen LogP contribution in [-0.2, 0) is 0 Å². The zero-order chi connectivity index (χ0) is 18.4. The minimum Gasteiger partial charge on any atom is -0.393 e. The molecule has 26 heavy (non-hydrogen) atoms. The van der Waals surface area contributed by atoms with Crippen molar-refractivity contribution in [2.45, 2.75) is 25.4 Å². The highest BCUT2D eigenvalue weighted by Gasteiger charge is 2.16. The SMILES string of the molecule is CC(O)CC(CNC(=O)c1ccc(-n2cccn2)cc1)c1ccccc1. The van der Waals surface area contributed by atoms with E-state index in [0.717, 1.165) is 11.3 Å². The largest absolute Gasteiger partial charge is 0.393 e. The van der Waals surface area contributed by atoms with Gasteiger partial charge in [-0.25, -0.2) is 4.68 Å². The Labute approximate surface area is 153 Å². The fourth-order valence-corrected chi connectivity index (χ4v) is 2.98. The summed E-state index contributed by atoms with van der Waals surface area (Å²) in [5, 5.41) is 16.9. The molecule has 5 heteroatoms. The number of carbonyl (C=O) groups is 1. The summed E-state index contributed by atoms with van der Waals surface area (Å²) in [5.41, 5.74) is 2.62. The zero-order valence-electron chi connectivity index (χ0n) is 14.7. The van der Waals surface area contributed by atoms with Gasteiger partial charge >= 0.3 is 0 Å². The lowest BCUT2D eigenvalue weighted by molar-refractivity contribution is 0.0945. The molecule has 0 saturated heterocycles. The molecule has 0 saturated carbocycles. The van der Waals surface area contributed by atoms with Crippen molar-refractivity contribution in [3.05, 3.63) is 84.2 Å². The molecule has 0 aliphatic rings. The average Bonchev–Trinajstić information content (AvgIpc) is 3.20. The monoisotopic (exact) mass is 349 g/mol. The molecule has 0 aliphatic carbocycles. The first-order valence-electron chi connectivity index (χ1n) is 8.75. The molecule has 2 unspecified atom stereocenters. The normalized spacial score (nSPS) is 13.2. The molecule has 0 fully saturated rings. The molecule has 5 nitrogen and oxygen atoms in total. The molecule has 0 aliphatic heterocycles. The van der Waals surface area contributed by atoms with Crippen LogP contribution in [0.25, 0.3) is 5.69 Å². The van der Waals surface area contributed by atoms with E-state index in [1.807, 2.05) is 54.7 Å². The number of carbonyl (C=O) groups excluding carboxylic acids is 1. The Morgan fingerprint density at radius 1 is 1.12 bits per heavy atom. The molecule has 3 rings (SSSR count). The van der Waals surface area contributed by atoms with E-state index in [1.165, 1.54) is 0 Å². The number of hydrogen-bond acceptors (Lipinski definition) is 3. The van der Waals surface area contributed by atoms with E-state index in [1.54, 1.807) is 29.9 Å². The van der Waals surface area contributed by atoms with E-state index < -0.39 is 6.10 Å². The highest BCUT2D eigenvalue weighted by molar-refractivity contribution is 5.94. The first-order valence-corrected chi connectivity index (χ1v) is 8.75. The van der Waals surface area contributed by atoms with Crippen molar-refractivity contribution < 1.29 is 9.90 Å². The summed E-state index contributed by atoms with van der Waals surface area (Å²) in [5.74, 6) is -0.0490. The third-order valence-electron chi connectivity index (χ3n) is 4.30. The summed E-state index contributed by atoms with van der Waals surface area (Å²) in [6.07, 6.45) is 3.75. The van der Waals surface area contributed by atoms with Gasteiger partial charge in [0.25, 0.3) is 5.91 Å². The first-order chi connectivity index (χ1) is 12.6. The van der Waals surface area contributed by atoms with Crippen LogP contribution in [0.1, 0.15) is 35.2 Å². The van der Waals surface area contributed by atoms with Crippen molar-refractivity contribution in [3.8, 4) is 5.69 Å². The van der Waals surface area contributed by atoms with Gasteiger partial charge in [0.2, 0.25) is 0 Å². The molecule has 1 heterocycles. The standard InChI is InChI=1S/C21H23N3O2/c1-16(25)14-19(17-6-3-2-4-7-17)15-22-21(26)18-8-10-20(11-9-18)24-13-5-12-23-24/h2-13,16,19,25H,14-15H2,1H3,(H,22,26). The number of amides is 1. The number of aliphatic hydroxyl groups is 1. The van der Waals surface area contributed by atoms with Crippen LogP contribution >= 0.6 is 0 Å². The lowest BCUT2D eigenvalue weighted by atomic mass is 9.93. The minimum atomic E-state index is -0.425. The Bertz CT molecular complexity index is 812. The molecule has 0 bridgehead atoms. The number of benzene rings is 2. The summed E-state index contributed by atoms with van der Waals surface area (Å²) in [6.45, 7) is 2.25. The highest BCUT2D eigenvalue weighted by Crippen LogP contribution is 2.20. The van der Waals surface area contributed by atoms with Gasteiger partial charge in [-0.1, -0.05) is 30.3 Å². The summed E-state index contributed by atoms with van der Waals surface area (Å²) < 4.78 is 1.75. The van der Waals surface area contributed by atoms with Gasteiger partial charge in [0, 0.05) is 30.4 Å². The predicted molar refractivity (Wildman–Crippen MR) is 101 cm³/mol. The van der Waals surface area contributed by atoms with Crippen LogP contribution in [0, 0.1) is 0 Å². The Kier molecular flexibility index (Phi) is 5.81. The minimum absolute atomic E-state index is 0.0727.